The normalized spacial score (nSPS) is 11.6. The van der Waals surface area contributed by atoms with Gasteiger partial charge in [0.2, 0.25) is 0 Å². The molecule has 0 saturated heterocycles. The second-order valence-electron chi connectivity index (χ2n) is 6.08. The first kappa shape index (κ1) is 19.1. The Morgan fingerprint density at radius 3 is 2.33 bits per heavy atom. The molecule has 0 unspecified atom stereocenters. The molecule has 1 aromatic heterocycles. The van der Waals surface area contributed by atoms with Crippen LogP contribution in [0.15, 0.2) is 53.4 Å². The Bertz CT molecular complexity index is 1150. The number of carboxylic acids is 1. The molecule has 0 radical (unpaired) electrons. The lowest BCUT2D eigenvalue weighted by atomic mass is 10.2. The van der Waals surface area contributed by atoms with Gasteiger partial charge in [-0.2, -0.15) is 0 Å². The van der Waals surface area contributed by atoms with E-state index >= 15 is 0 Å². The van der Waals surface area contributed by atoms with Crippen LogP contribution in [0.2, 0.25) is 5.02 Å². The number of nitrogens with zero attached hydrogens (tertiary/aromatic N) is 1. The number of ketones is 1. The van der Waals surface area contributed by atoms with Gasteiger partial charge in [0, 0.05) is 21.7 Å². The van der Waals surface area contributed by atoms with Crippen LogP contribution in [0.4, 0.5) is 0 Å². The fraction of sp³-hybridized carbons (Fsp3) is 0.158. The Morgan fingerprint density at radius 1 is 1.07 bits per heavy atom. The topological polar surface area (TPSA) is 93.4 Å². The van der Waals surface area contributed by atoms with E-state index in [1.165, 1.54) is 31.2 Å². The number of benzene rings is 2. The molecule has 0 fully saturated rings. The lowest BCUT2D eigenvalue weighted by Crippen LogP contribution is -2.16. The Balaban J connectivity index is 2.19. The fourth-order valence-electron chi connectivity index (χ4n) is 2.88. The second kappa shape index (κ2) is 7.17. The zero-order valence-electron chi connectivity index (χ0n) is 14.3. The summed E-state index contributed by atoms with van der Waals surface area (Å²) in [6, 6.07) is 12.1. The van der Waals surface area contributed by atoms with Crippen molar-refractivity contribution in [2.45, 2.75) is 24.7 Å². The molecule has 0 amide bonds. The third kappa shape index (κ3) is 3.74. The molecule has 0 atom stereocenters. The van der Waals surface area contributed by atoms with Crippen molar-refractivity contribution in [1.29, 1.82) is 0 Å². The van der Waals surface area contributed by atoms with E-state index in [1.54, 1.807) is 24.3 Å². The number of Topliss-reactive ketones (excluding diaryl/α,β-unsaturated/α-hetero) is 1. The van der Waals surface area contributed by atoms with Crippen molar-refractivity contribution >= 4 is 44.3 Å². The van der Waals surface area contributed by atoms with Gasteiger partial charge in [-0.15, -0.1) is 0 Å². The first-order valence-corrected chi connectivity index (χ1v) is 9.90. The van der Waals surface area contributed by atoms with Crippen molar-refractivity contribution in [1.82, 2.24) is 3.97 Å². The maximum absolute atomic E-state index is 13.2. The van der Waals surface area contributed by atoms with Gasteiger partial charge in [-0.1, -0.05) is 23.7 Å². The monoisotopic (exact) mass is 405 g/mol. The molecule has 0 saturated carbocycles. The number of hydrogen-bond acceptors (Lipinski definition) is 4. The Hall–Kier alpha value is -2.64. The molecule has 0 aliphatic rings. The highest BCUT2D eigenvalue weighted by atomic mass is 35.5. The highest BCUT2D eigenvalue weighted by molar-refractivity contribution is 7.90. The molecule has 140 valence electrons. The van der Waals surface area contributed by atoms with Crippen LogP contribution < -0.4 is 0 Å². The van der Waals surface area contributed by atoms with Crippen LogP contribution in [0.1, 0.15) is 29.4 Å². The summed E-state index contributed by atoms with van der Waals surface area (Å²) in [6.07, 6.45) is -0.157. The van der Waals surface area contributed by atoms with Gasteiger partial charge in [0.05, 0.1) is 16.8 Å². The van der Waals surface area contributed by atoms with E-state index in [-0.39, 0.29) is 23.5 Å². The summed E-state index contributed by atoms with van der Waals surface area (Å²) in [7, 11) is -3.99. The van der Waals surface area contributed by atoms with Crippen LogP contribution in [-0.4, -0.2) is 29.2 Å². The average molecular weight is 406 g/mol. The minimum absolute atomic E-state index is 0.0107. The lowest BCUT2D eigenvalue weighted by molar-refractivity contribution is -0.136. The Morgan fingerprint density at radius 2 is 1.74 bits per heavy atom. The number of hydrogen-bond donors (Lipinski definition) is 1. The van der Waals surface area contributed by atoms with E-state index < -0.39 is 16.0 Å². The zero-order chi connectivity index (χ0) is 19.8. The summed E-state index contributed by atoms with van der Waals surface area (Å²) in [6.45, 7) is 1.40. The van der Waals surface area contributed by atoms with Crippen molar-refractivity contribution in [2.75, 3.05) is 0 Å². The molecule has 2 aromatic carbocycles. The molecular formula is C19H16ClNO5S. The molecule has 0 spiro atoms. The van der Waals surface area contributed by atoms with E-state index in [9.17, 15) is 18.0 Å². The van der Waals surface area contributed by atoms with Crippen molar-refractivity contribution in [3.8, 4) is 0 Å². The van der Waals surface area contributed by atoms with E-state index in [1.807, 2.05) is 0 Å². The van der Waals surface area contributed by atoms with Crippen LogP contribution in [0, 0.1) is 0 Å². The van der Waals surface area contributed by atoms with Gasteiger partial charge in [0.1, 0.15) is 0 Å². The quantitative estimate of drug-likeness (QED) is 0.630. The second-order valence-corrected chi connectivity index (χ2v) is 8.31. The number of aliphatic carboxylic acids is 1. The number of halogens is 1. The molecule has 1 heterocycles. The first-order valence-electron chi connectivity index (χ1n) is 8.08. The van der Waals surface area contributed by atoms with Gasteiger partial charge in [-0.25, -0.2) is 12.4 Å². The van der Waals surface area contributed by atoms with Crippen LogP contribution in [0.25, 0.3) is 10.9 Å². The summed E-state index contributed by atoms with van der Waals surface area (Å²) >= 11 is 6.00. The summed E-state index contributed by atoms with van der Waals surface area (Å²) in [5.41, 5.74) is 1.17. The van der Waals surface area contributed by atoms with Gasteiger partial charge in [-0.05, 0) is 49.7 Å². The molecule has 27 heavy (non-hydrogen) atoms. The molecule has 0 aliphatic carbocycles. The number of aromatic nitrogens is 1. The zero-order valence-corrected chi connectivity index (χ0v) is 15.9. The van der Waals surface area contributed by atoms with Crippen LogP contribution >= 0.6 is 11.6 Å². The van der Waals surface area contributed by atoms with Crippen LogP contribution in [0.3, 0.4) is 0 Å². The third-order valence-corrected chi connectivity index (χ3v) is 6.20. The number of carboxylic acid groups (broad SMARTS) is 1. The van der Waals surface area contributed by atoms with E-state index in [0.717, 1.165) is 3.97 Å². The summed E-state index contributed by atoms with van der Waals surface area (Å²) in [5.74, 6) is -1.19. The number of aryl methyl sites for hydroxylation is 1. The number of carbonyl (C=O) groups is 2. The minimum Gasteiger partial charge on any atom is -0.481 e. The third-order valence-electron chi connectivity index (χ3n) is 4.19. The van der Waals surface area contributed by atoms with Crippen molar-refractivity contribution < 1.29 is 23.1 Å². The predicted molar refractivity (Wildman–Crippen MR) is 102 cm³/mol. The standard InChI is InChI=1S/C19H16ClNO5S/c1-12(22)13-2-6-17(7-3-13)27(25,26)21-16(5-9-19(23)24)11-14-10-15(20)4-8-18(14)21/h2-4,6-8,10-11H,5,9H2,1H3,(H,23,24). The maximum atomic E-state index is 13.2. The molecule has 0 aliphatic heterocycles. The maximum Gasteiger partial charge on any atom is 0.303 e. The van der Waals surface area contributed by atoms with Crippen LogP contribution in [-0.2, 0) is 21.2 Å². The Kier molecular flexibility index (Phi) is 5.08. The molecular weight excluding hydrogens is 390 g/mol. The van der Waals surface area contributed by atoms with Gasteiger partial charge >= 0.3 is 5.97 Å². The van der Waals surface area contributed by atoms with Gasteiger partial charge in [0.15, 0.2) is 5.78 Å². The van der Waals surface area contributed by atoms with Gasteiger partial charge in [0.25, 0.3) is 10.0 Å². The summed E-state index contributed by atoms with van der Waals surface area (Å²) < 4.78 is 27.6. The van der Waals surface area contributed by atoms with E-state index in [4.69, 9.17) is 16.7 Å². The van der Waals surface area contributed by atoms with Crippen LogP contribution in [0.5, 0.6) is 0 Å². The van der Waals surface area contributed by atoms with Gasteiger partial charge < -0.3 is 5.11 Å². The lowest BCUT2D eigenvalue weighted by Gasteiger charge is -2.12. The highest BCUT2D eigenvalue weighted by Crippen LogP contribution is 2.29. The number of rotatable bonds is 6. The summed E-state index contributed by atoms with van der Waals surface area (Å²) in [5, 5.41) is 10.0. The Labute approximate surface area is 161 Å². The van der Waals surface area contributed by atoms with Gasteiger partial charge in [-0.3, -0.25) is 9.59 Å². The highest BCUT2D eigenvalue weighted by Gasteiger charge is 2.23. The fourth-order valence-corrected chi connectivity index (χ4v) is 4.63. The minimum atomic E-state index is -3.99. The molecule has 3 rings (SSSR count). The average Bonchev–Trinajstić information content (AvgIpc) is 2.98. The van der Waals surface area contributed by atoms with Crippen molar-refractivity contribution in [3.63, 3.8) is 0 Å². The summed E-state index contributed by atoms with van der Waals surface area (Å²) in [4.78, 5) is 22.4. The molecule has 8 heteroatoms. The number of carbonyl (C=O) groups excluding carboxylic acids is 1. The molecule has 1 N–H and O–H groups in total. The smallest absolute Gasteiger partial charge is 0.303 e. The molecule has 3 aromatic rings. The van der Waals surface area contributed by atoms with Crippen molar-refractivity contribution in [2.24, 2.45) is 0 Å². The SMILES string of the molecule is CC(=O)c1ccc(S(=O)(=O)n2c(CCC(=O)O)cc3cc(Cl)ccc32)cc1. The molecule has 6 nitrogen and oxygen atoms in total. The molecule has 0 bridgehead atoms. The van der Waals surface area contributed by atoms with Crippen molar-refractivity contribution in [3.05, 3.63) is 64.8 Å². The number of fused-ring (bicyclic) bond motifs is 1. The van der Waals surface area contributed by atoms with E-state index in [0.29, 0.717) is 27.2 Å². The largest absolute Gasteiger partial charge is 0.481 e. The predicted octanol–water partition coefficient (Wildman–Crippen LogP) is 3.75. The first-order chi connectivity index (χ1) is 12.7. The van der Waals surface area contributed by atoms with E-state index in [2.05, 4.69) is 0 Å².